The molecule has 0 aliphatic carbocycles. The van der Waals surface area contributed by atoms with Gasteiger partial charge in [0.2, 0.25) is 0 Å². The van der Waals surface area contributed by atoms with Crippen LogP contribution < -0.4 is 10.1 Å². The maximum atomic E-state index is 12.8. The fraction of sp³-hybridized carbons (Fsp3) is 0.273. The van der Waals surface area contributed by atoms with E-state index in [0.717, 1.165) is 19.4 Å². The number of benzene rings is 2. The summed E-state index contributed by atoms with van der Waals surface area (Å²) >= 11 is 0. The van der Waals surface area contributed by atoms with Gasteiger partial charge in [-0.25, -0.2) is 0 Å². The molecule has 1 fully saturated rings. The molecule has 1 saturated heterocycles. The number of amides is 1. The number of nitrogens with one attached hydrogen (secondary N) is 1. The van der Waals surface area contributed by atoms with E-state index in [1.165, 1.54) is 6.42 Å². The summed E-state index contributed by atoms with van der Waals surface area (Å²) in [5.74, 6) is 0.956. The number of nitrogens with zero attached hydrogens (tertiary/aromatic N) is 2. The molecule has 0 bridgehead atoms. The maximum absolute atomic E-state index is 12.8. The Morgan fingerprint density at radius 1 is 1.14 bits per heavy atom. The predicted octanol–water partition coefficient (Wildman–Crippen LogP) is 4.50. The highest BCUT2D eigenvalue weighted by Crippen LogP contribution is 2.26. The van der Waals surface area contributed by atoms with Gasteiger partial charge in [0.25, 0.3) is 5.91 Å². The van der Waals surface area contributed by atoms with Crippen molar-refractivity contribution >= 4 is 11.6 Å². The van der Waals surface area contributed by atoms with Crippen LogP contribution in [0.1, 0.15) is 29.6 Å². The first kappa shape index (κ1) is 18.3. The van der Waals surface area contributed by atoms with E-state index in [4.69, 9.17) is 9.47 Å². The minimum absolute atomic E-state index is 0.192. The normalized spacial score (nSPS) is 16.5. The molecular weight excluding hydrogens is 354 g/mol. The Morgan fingerprint density at radius 2 is 1.96 bits per heavy atom. The number of carbonyl (C=O) groups is 1. The van der Waals surface area contributed by atoms with Gasteiger partial charge in [-0.05, 0) is 43.5 Å². The molecular formula is C22H23N3O3. The second-order valence-corrected chi connectivity index (χ2v) is 6.81. The zero-order valence-electron chi connectivity index (χ0n) is 15.6. The van der Waals surface area contributed by atoms with E-state index in [-0.39, 0.29) is 12.0 Å². The fourth-order valence-electron chi connectivity index (χ4n) is 3.25. The lowest BCUT2D eigenvalue weighted by molar-refractivity contribution is 0.00400. The molecule has 1 amide bonds. The first-order valence-electron chi connectivity index (χ1n) is 9.55. The molecule has 0 saturated carbocycles. The summed E-state index contributed by atoms with van der Waals surface area (Å²) in [6.45, 7) is 1.51. The number of ether oxygens (including phenoxy) is 2. The molecule has 1 aliphatic heterocycles. The lowest BCUT2D eigenvalue weighted by Crippen LogP contribution is -2.24. The largest absolute Gasteiger partial charge is 0.457 e. The summed E-state index contributed by atoms with van der Waals surface area (Å²) < 4.78 is 13.4. The second kappa shape index (κ2) is 8.71. The molecule has 6 heteroatoms. The van der Waals surface area contributed by atoms with Crippen LogP contribution in [0.3, 0.4) is 0 Å². The highest BCUT2D eigenvalue weighted by atomic mass is 16.5. The highest BCUT2D eigenvalue weighted by Gasteiger charge is 2.16. The van der Waals surface area contributed by atoms with Crippen molar-refractivity contribution in [2.75, 3.05) is 11.9 Å². The van der Waals surface area contributed by atoms with Crippen LogP contribution in [0.5, 0.6) is 11.5 Å². The number of anilines is 1. The quantitative estimate of drug-likeness (QED) is 0.687. The first-order valence-corrected chi connectivity index (χ1v) is 9.55. The summed E-state index contributed by atoms with van der Waals surface area (Å²) in [5, 5.41) is 7.24. The van der Waals surface area contributed by atoms with Crippen LogP contribution in [0.15, 0.2) is 67.0 Å². The third-order valence-electron chi connectivity index (χ3n) is 4.66. The zero-order valence-corrected chi connectivity index (χ0v) is 15.6. The third-order valence-corrected chi connectivity index (χ3v) is 4.66. The van der Waals surface area contributed by atoms with Crippen LogP contribution in [0.2, 0.25) is 0 Å². The van der Waals surface area contributed by atoms with Gasteiger partial charge >= 0.3 is 0 Å². The van der Waals surface area contributed by atoms with E-state index in [1.807, 2.05) is 53.3 Å². The van der Waals surface area contributed by atoms with Gasteiger partial charge in [0.15, 0.2) is 0 Å². The molecule has 3 aromatic rings. The standard InChI is InChI=1S/C22H23N3O3/c26-22(20-11-4-5-12-21(20)28-18-8-2-1-3-9-18)24-17-14-23-25(15-17)16-19-10-6-7-13-27-19/h1-5,8-9,11-12,14-15,19H,6-7,10,13,16H2,(H,24,26). The van der Waals surface area contributed by atoms with Crippen LogP contribution in [-0.2, 0) is 11.3 Å². The maximum Gasteiger partial charge on any atom is 0.259 e. The number of hydrogen-bond acceptors (Lipinski definition) is 4. The second-order valence-electron chi connectivity index (χ2n) is 6.81. The summed E-state index contributed by atoms with van der Waals surface area (Å²) in [7, 11) is 0. The third kappa shape index (κ3) is 4.58. The van der Waals surface area contributed by atoms with Gasteiger partial charge in [0, 0.05) is 12.8 Å². The van der Waals surface area contributed by atoms with E-state index < -0.39 is 0 Å². The Bertz CT molecular complexity index is 918. The van der Waals surface area contributed by atoms with Gasteiger partial charge in [-0.3, -0.25) is 9.48 Å². The van der Waals surface area contributed by atoms with Gasteiger partial charge in [0.05, 0.1) is 30.1 Å². The Morgan fingerprint density at radius 3 is 2.79 bits per heavy atom. The average Bonchev–Trinajstić information content (AvgIpc) is 3.16. The minimum Gasteiger partial charge on any atom is -0.457 e. The number of hydrogen-bond donors (Lipinski definition) is 1. The van der Waals surface area contributed by atoms with E-state index in [1.54, 1.807) is 18.3 Å². The molecule has 1 aromatic heterocycles. The molecule has 0 spiro atoms. The SMILES string of the molecule is O=C(Nc1cnn(CC2CCCCO2)c1)c1ccccc1Oc1ccccc1. The van der Waals surface area contributed by atoms with Crippen LogP contribution in [-0.4, -0.2) is 28.4 Å². The van der Waals surface area contributed by atoms with Crippen molar-refractivity contribution in [2.45, 2.75) is 31.9 Å². The fourth-order valence-corrected chi connectivity index (χ4v) is 3.25. The van der Waals surface area contributed by atoms with Crippen molar-refractivity contribution in [3.05, 3.63) is 72.6 Å². The summed E-state index contributed by atoms with van der Waals surface area (Å²) in [4.78, 5) is 12.8. The Labute approximate surface area is 164 Å². The molecule has 1 unspecified atom stereocenters. The summed E-state index contributed by atoms with van der Waals surface area (Å²) in [6.07, 6.45) is 7.04. The van der Waals surface area contributed by atoms with E-state index in [2.05, 4.69) is 10.4 Å². The average molecular weight is 377 g/mol. The Kier molecular flexibility index (Phi) is 5.68. The summed E-state index contributed by atoms with van der Waals surface area (Å²) in [5.41, 5.74) is 1.12. The molecule has 28 heavy (non-hydrogen) atoms. The zero-order chi connectivity index (χ0) is 19.2. The van der Waals surface area contributed by atoms with Crippen LogP contribution in [0.4, 0.5) is 5.69 Å². The van der Waals surface area contributed by atoms with Crippen molar-refractivity contribution < 1.29 is 14.3 Å². The molecule has 0 radical (unpaired) electrons. The van der Waals surface area contributed by atoms with Crippen LogP contribution in [0, 0.1) is 0 Å². The van der Waals surface area contributed by atoms with Crippen molar-refractivity contribution in [2.24, 2.45) is 0 Å². The molecule has 4 rings (SSSR count). The Hall–Kier alpha value is -3.12. The first-order chi connectivity index (χ1) is 13.8. The van der Waals surface area contributed by atoms with Gasteiger partial charge in [-0.1, -0.05) is 30.3 Å². The Balaban J connectivity index is 1.43. The topological polar surface area (TPSA) is 65.4 Å². The molecule has 2 aromatic carbocycles. The molecule has 6 nitrogen and oxygen atoms in total. The molecule has 1 aliphatic rings. The van der Waals surface area contributed by atoms with Crippen molar-refractivity contribution in [1.82, 2.24) is 9.78 Å². The molecule has 2 heterocycles. The lowest BCUT2D eigenvalue weighted by Gasteiger charge is -2.22. The van der Waals surface area contributed by atoms with Gasteiger partial charge in [0.1, 0.15) is 11.5 Å². The smallest absolute Gasteiger partial charge is 0.259 e. The predicted molar refractivity (Wildman–Crippen MR) is 107 cm³/mol. The van der Waals surface area contributed by atoms with Gasteiger partial charge < -0.3 is 14.8 Å². The van der Waals surface area contributed by atoms with Crippen LogP contribution in [0.25, 0.3) is 0 Å². The van der Waals surface area contributed by atoms with E-state index in [9.17, 15) is 4.79 Å². The van der Waals surface area contributed by atoms with Gasteiger partial charge in [-0.2, -0.15) is 5.10 Å². The highest BCUT2D eigenvalue weighted by molar-refractivity contribution is 6.06. The monoisotopic (exact) mass is 377 g/mol. The number of carbonyl (C=O) groups excluding carboxylic acids is 1. The lowest BCUT2D eigenvalue weighted by atomic mass is 10.1. The molecule has 144 valence electrons. The van der Waals surface area contributed by atoms with Crippen molar-refractivity contribution in [3.63, 3.8) is 0 Å². The van der Waals surface area contributed by atoms with Crippen molar-refractivity contribution in [1.29, 1.82) is 0 Å². The van der Waals surface area contributed by atoms with Crippen molar-refractivity contribution in [3.8, 4) is 11.5 Å². The van der Waals surface area contributed by atoms with E-state index >= 15 is 0 Å². The number of para-hydroxylation sites is 2. The summed E-state index contributed by atoms with van der Waals surface area (Å²) in [6, 6.07) is 16.6. The number of aromatic nitrogens is 2. The minimum atomic E-state index is -0.236. The van der Waals surface area contributed by atoms with Gasteiger partial charge in [-0.15, -0.1) is 0 Å². The molecule has 1 N–H and O–H groups in total. The van der Waals surface area contributed by atoms with Crippen LogP contribution >= 0.6 is 0 Å². The molecule has 1 atom stereocenters. The number of rotatable bonds is 6. The van der Waals surface area contributed by atoms with E-state index in [0.29, 0.717) is 29.3 Å².